The number of hydrogen-bond donors (Lipinski definition) is 0. The van der Waals surface area contributed by atoms with E-state index in [0.717, 1.165) is 0 Å². The summed E-state index contributed by atoms with van der Waals surface area (Å²) in [6, 6.07) is 0. The van der Waals surface area contributed by atoms with Crippen molar-refractivity contribution in [3.05, 3.63) is 0 Å². The molecule has 0 saturated carbocycles. The van der Waals surface area contributed by atoms with Gasteiger partial charge in [-0.15, -0.1) is 0 Å². The standard InChI is InChI=1S/C14H30N2/c1-5-7-14(2,3)8-6-9-16-12-10-15(4)11-13-16/h5-13H2,1-4H3. The minimum absolute atomic E-state index is 0.557. The zero-order valence-electron chi connectivity index (χ0n) is 11.8. The van der Waals surface area contributed by atoms with Crippen molar-refractivity contribution in [1.29, 1.82) is 0 Å². The third-order valence-electron chi connectivity index (χ3n) is 3.85. The van der Waals surface area contributed by atoms with Crippen LogP contribution >= 0.6 is 0 Å². The van der Waals surface area contributed by atoms with Gasteiger partial charge in [-0.3, -0.25) is 0 Å². The van der Waals surface area contributed by atoms with Gasteiger partial charge < -0.3 is 9.80 Å². The molecule has 1 rings (SSSR count). The highest BCUT2D eigenvalue weighted by molar-refractivity contribution is 4.72. The van der Waals surface area contributed by atoms with Crippen LogP contribution in [0.3, 0.4) is 0 Å². The van der Waals surface area contributed by atoms with Crippen LogP contribution in [0.5, 0.6) is 0 Å². The Labute approximate surface area is 102 Å². The molecule has 1 aliphatic heterocycles. The molecule has 0 atom stereocenters. The molecule has 96 valence electrons. The molecule has 16 heavy (non-hydrogen) atoms. The largest absolute Gasteiger partial charge is 0.304 e. The van der Waals surface area contributed by atoms with Gasteiger partial charge in [-0.25, -0.2) is 0 Å². The molecule has 2 heteroatoms. The minimum Gasteiger partial charge on any atom is -0.304 e. The van der Waals surface area contributed by atoms with Crippen molar-refractivity contribution >= 4 is 0 Å². The Bertz CT molecular complexity index is 181. The maximum absolute atomic E-state index is 2.63. The summed E-state index contributed by atoms with van der Waals surface area (Å²) in [5.41, 5.74) is 0.557. The predicted molar refractivity (Wildman–Crippen MR) is 71.9 cm³/mol. The maximum atomic E-state index is 2.63. The van der Waals surface area contributed by atoms with E-state index in [4.69, 9.17) is 0 Å². The van der Waals surface area contributed by atoms with Crippen LogP contribution < -0.4 is 0 Å². The second kappa shape index (κ2) is 6.61. The van der Waals surface area contributed by atoms with E-state index >= 15 is 0 Å². The van der Waals surface area contributed by atoms with Crippen LogP contribution in [-0.2, 0) is 0 Å². The van der Waals surface area contributed by atoms with E-state index in [9.17, 15) is 0 Å². The molecule has 0 aromatic heterocycles. The van der Waals surface area contributed by atoms with Gasteiger partial charge in [0.25, 0.3) is 0 Å². The van der Waals surface area contributed by atoms with Crippen molar-refractivity contribution in [2.24, 2.45) is 5.41 Å². The summed E-state index contributed by atoms with van der Waals surface area (Å²) in [5, 5.41) is 0. The fraction of sp³-hybridized carbons (Fsp3) is 1.00. The number of likely N-dealkylation sites (N-methyl/N-ethyl adjacent to an activating group) is 1. The van der Waals surface area contributed by atoms with Gasteiger partial charge >= 0.3 is 0 Å². The van der Waals surface area contributed by atoms with Crippen molar-refractivity contribution in [3.8, 4) is 0 Å². The van der Waals surface area contributed by atoms with E-state index in [1.165, 1.54) is 58.4 Å². The number of hydrogen-bond acceptors (Lipinski definition) is 2. The van der Waals surface area contributed by atoms with Gasteiger partial charge in [-0.05, 0) is 38.3 Å². The SMILES string of the molecule is CCCC(C)(C)CCCN1CCN(C)CC1. The van der Waals surface area contributed by atoms with Gasteiger partial charge in [-0.2, -0.15) is 0 Å². The zero-order valence-corrected chi connectivity index (χ0v) is 11.8. The highest BCUT2D eigenvalue weighted by atomic mass is 15.2. The van der Waals surface area contributed by atoms with Gasteiger partial charge in [0.2, 0.25) is 0 Å². The van der Waals surface area contributed by atoms with Gasteiger partial charge in [0.1, 0.15) is 0 Å². The maximum Gasteiger partial charge on any atom is 0.0110 e. The molecule has 0 bridgehead atoms. The summed E-state index contributed by atoms with van der Waals surface area (Å²) in [5.74, 6) is 0. The monoisotopic (exact) mass is 226 g/mol. The van der Waals surface area contributed by atoms with E-state index in [-0.39, 0.29) is 0 Å². The molecule has 0 aliphatic carbocycles. The molecule has 1 saturated heterocycles. The van der Waals surface area contributed by atoms with Crippen molar-refractivity contribution < 1.29 is 0 Å². The number of nitrogens with zero attached hydrogens (tertiary/aromatic N) is 2. The number of rotatable bonds is 6. The first-order chi connectivity index (χ1) is 7.53. The van der Waals surface area contributed by atoms with Crippen molar-refractivity contribution in [2.45, 2.75) is 46.5 Å². The molecule has 1 aliphatic rings. The molecule has 0 unspecified atom stereocenters. The Hall–Kier alpha value is -0.0800. The van der Waals surface area contributed by atoms with E-state index in [0.29, 0.717) is 5.41 Å². The summed E-state index contributed by atoms with van der Waals surface area (Å²) in [6.45, 7) is 13.5. The molecule has 2 nitrogen and oxygen atoms in total. The molecule has 1 heterocycles. The van der Waals surface area contributed by atoms with Crippen LogP contribution in [0.25, 0.3) is 0 Å². The lowest BCUT2D eigenvalue weighted by Gasteiger charge is -2.33. The fourth-order valence-electron chi connectivity index (χ4n) is 2.65. The highest BCUT2D eigenvalue weighted by Crippen LogP contribution is 2.28. The Morgan fingerprint density at radius 1 is 1.00 bits per heavy atom. The Morgan fingerprint density at radius 3 is 2.19 bits per heavy atom. The predicted octanol–water partition coefficient (Wildman–Crippen LogP) is 2.84. The molecule has 0 radical (unpaired) electrons. The topological polar surface area (TPSA) is 6.48 Å². The Kier molecular flexibility index (Phi) is 5.77. The average molecular weight is 226 g/mol. The van der Waals surface area contributed by atoms with Gasteiger partial charge in [0, 0.05) is 26.2 Å². The fourth-order valence-corrected chi connectivity index (χ4v) is 2.65. The lowest BCUT2D eigenvalue weighted by atomic mass is 9.83. The van der Waals surface area contributed by atoms with Crippen LogP contribution in [0.1, 0.15) is 46.5 Å². The summed E-state index contributed by atoms with van der Waals surface area (Å²) in [6.07, 6.45) is 5.45. The van der Waals surface area contributed by atoms with E-state index < -0.39 is 0 Å². The molecule has 0 aromatic rings. The van der Waals surface area contributed by atoms with Crippen molar-refractivity contribution in [3.63, 3.8) is 0 Å². The van der Waals surface area contributed by atoms with Crippen molar-refractivity contribution in [1.82, 2.24) is 9.80 Å². The van der Waals surface area contributed by atoms with Crippen molar-refractivity contribution in [2.75, 3.05) is 39.8 Å². The van der Waals surface area contributed by atoms with E-state index in [1.807, 2.05) is 0 Å². The van der Waals surface area contributed by atoms with Crippen LogP contribution in [0.2, 0.25) is 0 Å². The third-order valence-corrected chi connectivity index (χ3v) is 3.85. The smallest absolute Gasteiger partial charge is 0.0110 e. The first-order valence-electron chi connectivity index (χ1n) is 6.94. The highest BCUT2D eigenvalue weighted by Gasteiger charge is 2.18. The molecule has 1 fully saturated rings. The summed E-state index contributed by atoms with van der Waals surface area (Å²) in [4.78, 5) is 5.06. The first kappa shape index (κ1) is 14.0. The quantitative estimate of drug-likeness (QED) is 0.687. The third kappa shape index (κ3) is 5.31. The van der Waals surface area contributed by atoms with Crippen LogP contribution in [0, 0.1) is 5.41 Å². The normalized spacial score (nSPS) is 20.2. The zero-order chi connectivity index (χ0) is 12.0. The molecule has 0 N–H and O–H groups in total. The summed E-state index contributed by atoms with van der Waals surface area (Å²) >= 11 is 0. The lowest BCUT2D eigenvalue weighted by Crippen LogP contribution is -2.44. The van der Waals surface area contributed by atoms with Crippen LogP contribution in [0.15, 0.2) is 0 Å². The first-order valence-corrected chi connectivity index (χ1v) is 6.94. The average Bonchev–Trinajstić information content (AvgIpc) is 2.20. The molecule has 0 amide bonds. The summed E-state index contributed by atoms with van der Waals surface area (Å²) < 4.78 is 0. The van der Waals surface area contributed by atoms with E-state index in [1.54, 1.807) is 0 Å². The van der Waals surface area contributed by atoms with Crippen LogP contribution in [-0.4, -0.2) is 49.6 Å². The molecule has 0 aromatic carbocycles. The second-order valence-electron chi connectivity index (χ2n) is 6.16. The molecular formula is C14H30N2. The molecular weight excluding hydrogens is 196 g/mol. The summed E-state index contributed by atoms with van der Waals surface area (Å²) in [7, 11) is 2.22. The molecule has 0 spiro atoms. The minimum atomic E-state index is 0.557. The Balaban J connectivity index is 2.11. The van der Waals surface area contributed by atoms with E-state index in [2.05, 4.69) is 37.6 Å². The lowest BCUT2D eigenvalue weighted by molar-refractivity contribution is 0.145. The van der Waals surface area contributed by atoms with Crippen LogP contribution in [0.4, 0.5) is 0 Å². The van der Waals surface area contributed by atoms with Gasteiger partial charge in [0.05, 0.1) is 0 Å². The number of piperazine rings is 1. The Morgan fingerprint density at radius 2 is 1.62 bits per heavy atom. The van der Waals surface area contributed by atoms with Gasteiger partial charge in [-0.1, -0.05) is 27.2 Å². The second-order valence-corrected chi connectivity index (χ2v) is 6.16. The van der Waals surface area contributed by atoms with Gasteiger partial charge in [0.15, 0.2) is 0 Å².